The smallest absolute Gasteiger partial charge is 0.224 e. The molecule has 0 aromatic rings. The average molecular weight is 238 g/mol. The zero-order valence-electron chi connectivity index (χ0n) is 11.2. The molecule has 0 aromatic heterocycles. The van der Waals surface area contributed by atoms with E-state index < -0.39 is 0 Å². The molecule has 2 aliphatic rings. The highest BCUT2D eigenvalue weighted by Gasteiger charge is 2.37. The molecule has 2 atom stereocenters. The molecule has 3 heteroatoms. The van der Waals surface area contributed by atoms with E-state index >= 15 is 0 Å². The van der Waals surface area contributed by atoms with Crippen LogP contribution >= 0.6 is 0 Å². The average Bonchev–Trinajstić information content (AvgIpc) is 2.38. The van der Waals surface area contributed by atoms with Gasteiger partial charge in [0.2, 0.25) is 5.91 Å². The second kappa shape index (κ2) is 4.97. The van der Waals surface area contributed by atoms with E-state index in [2.05, 4.69) is 18.7 Å². The van der Waals surface area contributed by atoms with E-state index in [1.165, 1.54) is 19.3 Å². The lowest BCUT2D eigenvalue weighted by Crippen LogP contribution is -2.52. The van der Waals surface area contributed by atoms with Crippen LogP contribution in [0, 0.1) is 5.92 Å². The fourth-order valence-corrected chi connectivity index (χ4v) is 3.08. The van der Waals surface area contributed by atoms with Crippen molar-refractivity contribution in [1.82, 2.24) is 4.90 Å². The van der Waals surface area contributed by atoms with Crippen LogP contribution in [0.25, 0.3) is 0 Å². The first-order valence-electron chi connectivity index (χ1n) is 7.08. The summed E-state index contributed by atoms with van der Waals surface area (Å²) >= 11 is 0. The number of nitrogens with zero attached hydrogens (tertiary/aromatic N) is 1. The number of rotatable bonds is 2. The largest absolute Gasteiger partial charge is 0.340 e. The quantitative estimate of drug-likeness (QED) is 0.802. The molecule has 17 heavy (non-hydrogen) atoms. The second-order valence-corrected chi connectivity index (χ2v) is 6.32. The van der Waals surface area contributed by atoms with E-state index in [4.69, 9.17) is 5.73 Å². The molecule has 3 nitrogen and oxygen atoms in total. The molecule has 1 aliphatic heterocycles. The van der Waals surface area contributed by atoms with Crippen LogP contribution in [0.15, 0.2) is 0 Å². The van der Waals surface area contributed by atoms with Gasteiger partial charge in [-0.3, -0.25) is 4.79 Å². The predicted octanol–water partition coefficient (Wildman–Crippen LogP) is 2.30. The summed E-state index contributed by atoms with van der Waals surface area (Å²) in [5.74, 6) is 0.924. The Morgan fingerprint density at radius 3 is 2.59 bits per heavy atom. The predicted molar refractivity (Wildman–Crippen MR) is 69.6 cm³/mol. The van der Waals surface area contributed by atoms with Crippen LogP contribution in [0.1, 0.15) is 58.8 Å². The van der Waals surface area contributed by atoms with Gasteiger partial charge in [-0.15, -0.1) is 0 Å². The van der Waals surface area contributed by atoms with Crippen molar-refractivity contribution < 1.29 is 4.79 Å². The topological polar surface area (TPSA) is 46.3 Å². The first kappa shape index (κ1) is 12.9. The zero-order valence-corrected chi connectivity index (χ0v) is 11.2. The third kappa shape index (κ3) is 3.01. The molecular formula is C14H26N2O. The van der Waals surface area contributed by atoms with Gasteiger partial charge in [-0.2, -0.15) is 0 Å². The molecule has 1 aliphatic carbocycles. The van der Waals surface area contributed by atoms with Gasteiger partial charge in [0.15, 0.2) is 0 Å². The standard InChI is InChI=1S/C14H26N2O/c1-11-5-3-6-12(2)16(10-11)13(17)9-14(15)7-4-8-14/h11-12H,3-10,15H2,1-2H3/t11-,12+/m1/s1. The molecule has 2 fully saturated rings. The number of nitrogens with two attached hydrogens (primary N) is 1. The van der Waals surface area contributed by atoms with Gasteiger partial charge >= 0.3 is 0 Å². The lowest BCUT2D eigenvalue weighted by Gasteiger charge is -2.40. The summed E-state index contributed by atoms with van der Waals surface area (Å²) in [4.78, 5) is 14.4. The van der Waals surface area contributed by atoms with Crippen LogP contribution in [0.5, 0.6) is 0 Å². The first-order valence-corrected chi connectivity index (χ1v) is 7.08. The van der Waals surface area contributed by atoms with Crippen LogP contribution in [0.2, 0.25) is 0 Å². The van der Waals surface area contributed by atoms with Crippen molar-refractivity contribution >= 4 is 5.91 Å². The first-order chi connectivity index (χ1) is 8.00. The van der Waals surface area contributed by atoms with E-state index in [1.54, 1.807) is 0 Å². The number of carbonyl (C=O) groups is 1. The highest BCUT2D eigenvalue weighted by molar-refractivity contribution is 5.78. The maximum Gasteiger partial charge on any atom is 0.224 e. The third-order valence-electron chi connectivity index (χ3n) is 4.53. The Kier molecular flexibility index (Phi) is 3.76. The number of hydrogen-bond acceptors (Lipinski definition) is 2. The number of hydrogen-bond donors (Lipinski definition) is 1. The van der Waals surface area contributed by atoms with Gasteiger partial charge in [-0.05, 0) is 44.9 Å². The Balaban J connectivity index is 1.95. The van der Waals surface area contributed by atoms with Gasteiger partial charge in [0, 0.05) is 24.5 Å². The minimum absolute atomic E-state index is 0.174. The molecular weight excluding hydrogens is 212 g/mol. The normalized spacial score (nSPS) is 32.8. The summed E-state index contributed by atoms with van der Waals surface area (Å²) < 4.78 is 0. The number of amides is 1. The van der Waals surface area contributed by atoms with Crippen molar-refractivity contribution in [2.24, 2.45) is 11.7 Å². The monoisotopic (exact) mass is 238 g/mol. The lowest BCUT2D eigenvalue weighted by molar-refractivity contribution is -0.135. The maximum absolute atomic E-state index is 12.4. The van der Waals surface area contributed by atoms with E-state index in [0.29, 0.717) is 18.4 Å². The van der Waals surface area contributed by atoms with Gasteiger partial charge in [0.05, 0.1) is 0 Å². The number of likely N-dealkylation sites (tertiary alicyclic amines) is 1. The van der Waals surface area contributed by atoms with E-state index in [1.807, 2.05) is 0 Å². The minimum atomic E-state index is -0.174. The van der Waals surface area contributed by atoms with Crippen molar-refractivity contribution in [3.8, 4) is 0 Å². The molecule has 1 amide bonds. The van der Waals surface area contributed by atoms with E-state index in [-0.39, 0.29) is 11.4 Å². The Morgan fingerprint density at radius 1 is 1.29 bits per heavy atom. The van der Waals surface area contributed by atoms with E-state index in [9.17, 15) is 4.79 Å². The van der Waals surface area contributed by atoms with Gasteiger partial charge in [-0.1, -0.05) is 13.3 Å². The second-order valence-electron chi connectivity index (χ2n) is 6.32. The molecule has 0 unspecified atom stereocenters. The van der Waals surface area contributed by atoms with Crippen LogP contribution in [0.3, 0.4) is 0 Å². The van der Waals surface area contributed by atoms with Crippen molar-refractivity contribution in [2.75, 3.05) is 6.54 Å². The Hall–Kier alpha value is -0.570. The number of carbonyl (C=O) groups excluding carboxylic acids is 1. The summed E-state index contributed by atoms with van der Waals surface area (Å²) in [6.07, 6.45) is 7.45. The van der Waals surface area contributed by atoms with Gasteiger partial charge in [-0.25, -0.2) is 0 Å². The maximum atomic E-state index is 12.4. The van der Waals surface area contributed by atoms with Gasteiger partial charge in [0.25, 0.3) is 0 Å². The molecule has 0 aromatic carbocycles. The summed E-state index contributed by atoms with van der Waals surface area (Å²) in [6, 6.07) is 0.399. The summed E-state index contributed by atoms with van der Waals surface area (Å²) in [6.45, 7) is 5.36. The SMILES string of the molecule is C[C@@H]1CCC[C@H](C)N(C(=O)CC2(N)CCC2)C1. The van der Waals surface area contributed by atoms with Crippen LogP contribution in [-0.4, -0.2) is 28.9 Å². The van der Waals surface area contributed by atoms with Crippen molar-refractivity contribution in [3.05, 3.63) is 0 Å². The third-order valence-corrected chi connectivity index (χ3v) is 4.53. The van der Waals surface area contributed by atoms with Crippen molar-refractivity contribution in [1.29, 1.82) is 0 Å². The molecule has 2 rings (SSSR count). The summed E-state index contributed by atoms with van der Waals surface area (Å²) in [5, 5.41) is 0. The Labute approximate surface area is 105 Å². The highest BCUT2D eigenvalue weighted by Crippen LogP contribution is 2.33. The molecule has 2 N–H and O–H groups in total. The fraction of sp³-hybridized carbons (Fsp3) is 0.929. The summed E-state index contributed by atoms with van der Waals surface area (Å²) in [7, 11) is 0. The van der Waals surface area contributed by atoms with Gasteiger partial charge in [0.1, 0.15) is 0 Å². The molecule has 1 heterocycles. The zero-order chi connectivity index (χ0) is 12.5. The van der Waals surface area contributed by atoms with Gasteiger partial charge < -0.3 is 10.6 Å². The van der Waals surface area contributed by atoms with Crippen molar-refractivity contribution in [2.45, 2.75) is 70.4 Å². The van der Waals surface area contributed by atoms with Crippen LogP contribution in [-0.2, 0) is 4.79 Å². The Bertz CT molecular complexity index is 286. The minimum Gasteiger partial charge on any atom is -0.340 e. The molecule has 98 valence electrons. The van der Waals surface area contributed by atoms with Crippen LogP contribution in [0.4, 0.5) is 0 Å². The Morgan fingerprint density at radius 2 is 2.00 bits per heavy atom. The summed E-state index contributed by atoms with van der Waals surface area (Å²) in [5.41, 5.74) is 6.01. The van der Waals surface area contributed by atoms with Crippen molar-refractivity contribution in [3.63, 3.8) is 0 Å². The molecule has 0 spiro atoms. The van der Waals surface area contributed by atoms with Crippen LogP contribution < -0.4 is 5.73 Å². The molecule has 1 saturated heterocycles. The molecule has 0 radical (unpaired) electrons. The fourth-order valence-electron chi connectivity index (χ4n) is 3.08. The molecule has 0 bridgehead atoms. The molecule has 1 saturated carbocycles. The van der Waals surface area contributed by atoms with E-state index in [0.717, 1.165) is 25.8 Å². The lowest BCUT2D eigenvalue weighted by atomic mass is 9.75. The highest BCUT2D eigenvalue weighted by atomic mass is 16.2.